The molecular weight excluding hydrogens is 500 g/mol. The smallest absolute Gasteiger partial charge is 0.255 e. The number of rotatable bonds is 8. The van der Waals surface area contributed by atoms with E-state index in [1.54, 1.807) is 29.0 Å². The molecule has 1 saturated carbocycles. The summed E-state index contributed by atoms with van der Waals surface area (Å²) >= 11 is 0. The molecule has 5 rings (SSSR count). The normalized spacial score (nSPS) is 24.9. The highest BCUT2D eigenvalue weighted by atomic mass is 16.5. The number of hydrogen-bond donors (Lipinski definition) is 1. The quantitative estimate of drug-likeness (QED) is 0.534. The molecule has 0 spiro atoms. The van der Waals surface area contributed by atoms with Gasteiger partial charge in [0.2, 0.25) is 5.91 Å². The first kappa shape index (κ1) is 27.6. The van der Waals surface area contributed by atoms with E-state index < -0.39 is 17.7 Å². The van der Waals surface area contributed by atoms with Crippen LogP contribution < -0.4 is 10.2 Å². The van der Waals surface area contributed by atoms with Crippen LogP contribution in [-0.4, -0.2) is 104 Å². The number of likely N-dealkylation sites (tertiary alicyclic amines) is 2. The first-order chi connectivity index (χ1) is 18.7. The van der Waals surface area contributed by atoms with Crippen molar-refractivity contribution in [2.75, 3.05) is 51.4 Å². The molecule has 0 bridgehead atoms. The number of hydrogen-bond acceptors (Lipinski definition) is 7. The average molecular weight is 541 g/mol. The van der Waals surface area contributed by atoms with Gasteiger partial charge in [-0.1, -0.05) is 13.8 Å². The second-order valence-corrected chi connectivity index (χ2v) is 11.6. The molecule has 0 aromatic heterocycles. The second-order valence-electron chi connectivity index (χ2n) is 11.6. The van der Waals surface area contributed by atoms with Crippen molar-refractivity contribution in [2.24, 2.45) is 5.92 Å². The third kappa shape index (κ3) is 5.28. The van der Waals surface area contributed by atoms with E-state index in [-0.39, 0.29) is 42.0 Å². The first-order valence-corrected chi connectivity index (χ1v) is 14.2. The zero-order chi connectivity index (χ0) is 27.7. The number of ether oxygens (including phenoxy) is 2. The van der Waals surface area contributed by atoms with Crippen LogP contribution in [0, 0.1) is 5.92 Å². The molecule has 4 fully saturated rings. The van der Waals surface area contributed by atoms with E-state index in [1.807, 2.05) is 26.0 Å². The number of methoxy groups -OCH3 is 1. The van der Waals surface area contributed by atoms with Gasteiger partial charge in [-0.15, -0.1) is 0 Å². The lowest BCUT2D eigenvalue weighted by molar-refractivity contribution is -0.167. The van der Waals surface area contributed by atoms with E-state index in [9.17, 15) is 19.2 Å². The van der Waals surface area contributed by atoms with E-state index in [1.165, 1.54) is 0 Å². The Morgan fingerprint density at radius 2 is 1.77 bits per heavy atom. The van der Waals surface area contributed by atoms with Gasteiger partial charge in [0.15, 0.2) is 5.78 Å². The van der Waals surface area contributed by atoms with Gasteiger partial charge in [0.1, 0.15) is 17.7 Å². The van der Waals surface area contributed by atoms with Crippen molar-refractivity contribution in [3.05, 3.63) is 29.8 Å². The van der Waals surface area contributed by atoms with E-state index in [0.29, 0.717) is 51.0 Å². The highest BCUT2D eigenvalue weighted by molar-refractivity contribution is 6.01. The number of benzene rings is 1. The largest absolute Gasteiger partial charge is 0.378 e. The van der Waals surface area contributed by atoms with Crippen LogP contribution in [0.1, 0.15) is 56.3 Å². The zero-order valence-corrected chi connectivity index (χ0v) is 23.2. The summed E-state index contributed by atoms with van der Waals surface area (Å²) in [7, 11) is 1.55. The summed E-state index contributed by atoms with van der Waals surface area (Å²) in [5, 5.41) is 2.95. The lowest BCUT2D eigenvalue weighted by Crippen LogP contribution is -2.56. The van der Waals surface area contributed by atoms with Crippen molar-refractivity contribution in [3.8, 4) is 0 Å². The molecule has 3 atom stereocenters. The van der Waals surface area contributed by atoms with Gasteiger partial charge in [0.25, 0.3) is 11.8 Å². The Labute approximate surface area is 230 Å². The van der Waals surface area contributed by atoms with Crippen LogP contribution in [0.15, 0.2) is 24.3 Å². The fourth-order valence-corrected chi connectivity index (χ4v) is 6.38. The Balaban J connectivity index is 1.27. The Morgan fingerprint density at radius 1 is 1.08 bits per heavy atom. The maximum atomic E-state index is 13.8. The minimum atomic E-state index is -0.835. The summed E-state index contributed by atoms with van der Waals surface area (Å²) < 4.78 is 11.0. The number of carbonyl (C=O) groups excluding carboxylic acids is 4. The molecule has 3 aliphatic heterocycles. The van der Waals surface area contributed by atoms with Crippen LogP contribution in [-0.2, 0) is 23.9 Å². The van der Waals surface area contributed by atoms with Gasteiger partial charge in [0.05, 0.1) is 25.8 Å². The molecule has 212 valence electrons. The van der Waals surface area contributed by atoms with Crippen LogP contribution >= 0.6 is 0 Å². The molecular formula is C29H40N4O6. The molecule has 0 radical (unpaired) electrons. The predicted octanol–water partition coefficient (Wildman–Crippen LogP) is 1.62. The second kappa shape index (κ2) is 11.3. The Kier molecular flexibility index (Phi) is 7.96. The lowest BCUT2D eigenvalue weighted by atomic mass is 9.78. The Hall–Kier alpha value is -2.98. The van der Waals surface area contributed by atoms with Crippen LogP contribution in [0.2, 0.25) is 0 Å². The highest BCUT2D eigenvalue weighted by Gasteiger charge is 2.56. The van der Waals surface area contributed by atoms with Crippen LogP contribution in [0.25, 0.3) is 0 Å². The van der Waals surface area contributed by atoms with Crippen molar-refractivity contribution < 1.29 is 28.7 Å². The molecule has 3 saturated heterocycles. The number of morpholine rings is 1. The fraction of sp³-hybridized carbons (Fsp3) is 0.655. The fourth-order valence-electron chi connectivity index (χ4n) is 6.38. The Morgan fingerprint density at radius 3 is 2.36 bits per heavy atom. The Bertz CT molecular complexity index is 1090. The van der Waals surface area contributed by atoms with Crippen molar-refractivity contribution in [3.63, 3.8) is 0 Å². The maximum absolute atomic E-state index is 13.8. The van der Waals surface area contributed by atoms with Gasteiger partial charge in [0, 0.05) is 38.0 Å². The van der Waals surface area contributed by atoms with Gasteiger partial charge in [-0.05, 0) is 62.3 Å². The number of fused-ring (bicyclic) bond motifs is 1. The number of carbonyl (C=O) groups is 4. The van der Waals surface area contributed by atoms with E-state index in [4.69, 9.17) is 9.47 Å². The summed E-state index contributed by atoms with van der Waals surface area (Å²) in [5.41, 5.74) is 0.675. The molecule has 1 aromatic carbocycles. The molecule has 3 heterocycles. The van der Waals surface area contributed by atoms with Crippen molar-refractivity contribution in [1.29, 1.82) is 0 Å². The summed E-state index contributed by atoms with van der Waals surface area (Å²) in [6.07, 6.45) is 3.23. The van der Waals surface area contributed by atoms with Crippen molar-refractivity contribution in [2.45, 2.75) is 69.7 Å². The van der Waals surface area contributed by atoms with E-state index in [2.05, 4.69) is 10.2 Å². The van der Waals surface area contributed by atoms with Gasteiger partial charge in [-0.25, -0.2) is 0 Å². The monoisotopic (exact) mass is 540 g/mol. The van der Waals surface area contributed by atoms with Crippen molar-refractivity contribution in [1.82, 2.24) is 15.1 Å². The summed E-state index contributed by atoms with van der Waals surface area (Å²) in [4.78, 5) is 58.9. The minimum absolute atomic E-state index is 0.000244. The van der Waals surface area contributed by atoms with Crippen LogP contribution in [0.4, 0.5) is 5.69 Å². The standard InChI is InChI=1S/C29H40N4O6/c1-19(2)17-22(30-26(35)20-5-7-21(8-6-20)31-13-15-39-16-14-31)27(36)32-12-9-23-25(32)24(34)18-33(23)28(37)29(38-3)10-4-11-29/h5-8,19,22-23,25H,4,9-18H2,1-3H3,(H,30,35). The third-order valence-corrected chi connectivity index (χ3v) is 8.72. The number of amides is 3. The SMILES string of the molecule is COC1(C(=O)N2CC(=O)C3C2CCN3C(=O)C(CC(C)C)NC(=O)c2ccc(N3CCOCC3)cc2)CCC1. The number of anilines is 1. The number of nitrogens with zero attached hydrogens (tertiary/aromatic N) is 3. The average Bonchev–Trinajstić information content (AvgIpc) is 3.49. The molecule has 10 heteroatoms. The first-order valence-electron chi connectivity index (χ1n) is 14.2. The van der Waals surface area contributed by atoms with E-state index >= 15 is 0 Å². The van der Waals surface area contributed by atoms with Crippen LogP contribution in [0.5, 0.6) is 0 Å². The number of Topliss-reactive ketones (excluding diaryl/α,β-unsaturated/α-hetero) is 1. The molecule has 1 aliphatic carbocycles. The summed E-state index contributed by atoms with van der Waals surface area (Å²) in [5.74, 6) is -0.696. The summed E-state index contributed by atoms with van der Waals surface area (Å²) in [6.45, 7) is 7.36. The lowest BCUT2D eigenvalue weighted by Gasteiger charge is -2.42. The third-order valence-electron chi connectivity index (χ3n) is 8.72. The zero-order valence-electron chi connectivity index (χ0n) is 23.2. The van der Waals surface area contributed by atoms with E-state index in [0.717, 1.165) is 25.2 Å². The van der Waals surface area contributed by atoms with Gasteiger partial charge < -0.3 is 29.5 Å². The van der Waals surface area contributed by atoms with Gasteiger partial charge in [-0.3, -0.25) is 19.2 Å². The molecule has 1 aromatic rings. The minimum Gasteiger partial charge on any atom is -0.378 e. The van der Waals surface area contributed by atoms with Crippen LogP contribution in [0.3, 0.4) is 0 Å². The molecule has 10 nitrogen and oxygen atoms in total. The van der Waals surface area contributed by atoms with Gasteiger partial charge >= 0.3 is 0 Å². The molecule has 4 aliphatic rings. The highest BCUT2D eigenvalue weighted by Crippen LogP contribution is 2.40. The summed E-state index contributed by atoms with van der Waals surface area (Å²) in [6, 6.07) is 5.62. The molecule has 3 unspecified atom stereocenters. The molecule has 1 N–H and O–H groups in total. The van der Waals surface area contributed by atoms with Crippen molar-refractivity contribution >= 4 is 29.2 Å². The predicted molar refractivity (Wildman–Crippen MR) is 144 cm³/mol. The van der Waals surface area contributed by atoms with Gasteiger partial charge in [-0.2, -0.15) is 0 Å². The molecule has 39 heavy (non-hydrogen) atoms. The maximum Gasteiger partial charge on any atom is 0.255 e. The topological polar surface area (TPSA) is 108 Å². The number of nitrogens with one attached hydrogen (secondary N) is 1. The molecule has 3 amide bonds. The number of ketones is 1.